The predicted molar refractivity (Wildman–Crippen MR) is 82.1 cm³/mol. The normalized spacial score (nSPS) is 12.2. The number of para-hydroxylation sites is 1. The Morgan fingerprint density at radius 1 is 0.950 bits per heavy atom. The third kappa shape index (κ3) is 3.20. The molecule has 0 aliphatic heterocycles. The van der Waals surface area contributed by atoms with Gasteiger partial charge in [0.25, 0.3) is 0 Å². The first-order valence-corrected chi connectivity index (χ1v) is 7.25. The smallest absolute Gasteiger partial charge is 0.125 e. The van der Waals surface area contributed by atoms with Crippen LogP contribution in [0.3, 0.4) is 0 Å². The number of aryl methyl sites for hydroxylation is 1. The molecule has 106 valence electrons. The Bertz CT molecular complexity index is 549. The van der Waals surface area contributed by atoms with E-state index in [1.54, 1.807) is 0 Å². The molecule has 0 spiro atoms. The number of aliphatic hydroxyl groups excluding tert-OH is 1. The molecule has 0 fully saturated rings. The summed E-state index contributed by atoms with van der Waals surface area (Å²) in [6.45, 7) is 4.84. The van der Waals surface area contributed by atoms with E-state index in [-0.39, 0.29) is 0 Å². The Labute approximate surface area is 121 Å². The van der Waals surface area contributed by atoms with Crippen LogP contribution in [0.15, 0.2) is 48.5 Å². The minimum absolute atomic E-state index is 0.640. The van der Waals surface area contributed by atoms with Crippen LogP contribution in [0.2, 0.25) is 0 Å². The van der Waals surface area contributed by atoms with Gasteiger partial charge >= 0.3 is 0 Å². The van der Waals surface area contributed by atoms with E-state index in [9.17, 15) is 5.11 Å². The Morgan fingerprint density at radius 3 is 2.30 bits per heavy atom. The fourth-order valence-corrected chi connectivity index (χ4v) is 2.34. The van der Waals surface area contributed by atoms with Crippen LogP contribution in [-0.4, -0.2) is 11.7 Å². The van der Waals surface area contributed by atoms with Gasteiger partial charge in [-0.25, -0.2) is 0 Å². The van der Waals surface area contributed by atoms with Gasteiger partial charge < -0.3 is 9.84 Å². The summed E-state index contributed by atoms with van der Waals surface area (Å²) >= 11 is 0. The van der Waals surface area contributed by atoms with Crippen LogP contribution in [0.4, 0.5) is 0 Å². The topological polar surface area (TPSA) is 29.5 Å². The molecule has 1 unspecified atom stereocenters. The molecule has 0 aromatic heterocycles. The lowest BCUT2D eigenvalue weighted by Gasteiger charge is -2.18. The van der Waals surface area contributed by atoms with Gasteiger partial charge in [-0.3, -0.25) is 0 Å². The van der Waals surface area contributed by atoms with Crippen molar-refractivity contribution in [2.45, 2.75) is 32.8 Å². The summed E-state index contributed by atoms with van der Waals surface area (Å²) in [5.74, 6) is 0.771. The third-order valence-corrected chi connectivity index (χ3v) is 3.41. The number of rotatable bonds is 6. The maximum absolute atomic E-state index is 10.7. The molecule has 2 rings (SSSR count). The van der Waals surface area contributed by atoms with Crippen molar-refractivity contribution in [3.05, 3.63) is 65.2 Å². The number of ether oxygens (including phenoxy) is 1. The second-order valence-corrected chi connectivity index (χ2v) is 4.84. The predicted octanol–water partition coefficient (Wildman–Crippen LogP) is 4.12. The number of hydrogen-bond donors (Lipinski definition) is 1. The summed E-state index contributed by atoms with van der Waals surface area (Å²) in [5, 5.41) is 10.7. The average molecular weight is 270 g/mol. The summed E-state index contributed by atoms with van der Waals surface area (Å²) < 4.78 is 5.74. The lowest BCUT2D eigenvalue weighted by Crippen LogP contribution is -2.06. The van der Waals surface area contributed by atoms with Crippen LogP contribution in [0.5, 0.6) is 5.75 Å². The van der Waals surface area contributed by atoms with E-state index in [2.05, 4.69) is 19.9 Å². The molecule has 1 atom stereocenters. The molecule has 2 aromatic rings. The van der Waals surface area contributed by atoms with E-state index in [1.807, 2.05) is 42.5 Å². The first-order valence-electron chi connectivity index (χ1n) is 7.25. The van der Waals surface area contributed by atoms with E-state index in [4.69, 9.17) is 4.74 Å². The van der Waals surface area contributed by atoms with Gasteiger partial charge in [-0.1, -0.05) is 56.3 Å². The minimum Gasteiger partial charge on any atom is -0.493 e. The van der Waals surface area contributed by atoms with Crippen LogP contribution in [0.1, 0.15) is 43.1 Å². The molecular weight excluding hydrogens is 248 g/mol. The number of aliphatic hydroxyl groups is 1. The SMILES string of the molecule is CCCOc1ccccc1C(O)c1ccccc1CC. The quantitative estimate of drug-likeness (QED) is 0.855. The van der Waals surface area contributed by atoms with Crippen LogP contribution in [-0.2, 0) is 6.42 Å². The summed E-state index contributed by atoms with van der Waals surface area (Å²) in [4.78, 5) is 0. The van der Waals surface area contributed by atoms with Crippen LogP contribution in [0, 0.1) is 0 Å². The number of hydrogen-bond acceptors (Lipinski definition) is 2. The lowest BCUT2D eigenvalue weighted by atomic mass is 9.95. The molecule has 2 heteroatoms. The molecule has 0 amide bonds. The van der Waals surface area contributed by atoms with E-state index >= 15 is 0 Å². The van der Waals surface area contributed by atoms with E-state index in [1.165, 1.54) is 5.56 Å². The Morgan fingerprint density at radius 2 is 1.60 bits per heavy atom. The van der Waals surface area contributed by atoms with Gasteiger partial charge in [0.05, 0.1) is 6.61 Å². The maximum Gasteiger partial charge on any atom is 0.125 e. The van der Waals surface area contributed by atoms with Crippen molar-refractivity contribution in [2.75, 3.05) is 6.61 Å². The zero-order valence-electron chi connectivity index (χ0n) is 12.2. The summed E-state index contributed by atoms with van der Waals surface area (Å²) in [6, 6.07) is 15.7. The lowest BCUT2D eigenvalue weighted by molar-refractivity contribution is 0.209. The molecule has 2 aromatic carbocycles. The van der Waals surface area contributed by atoms with Gasteiger partial charge in [0.2, 0.25) is 0 Å². The van der Waals surface area contributed by atoms with Crippen molar-refractivity contribution in [1.82, 2.24) is 0 Å². The highest BCUT2D eigenvalue weighted by Crippen LogP contribution is 2.31. The highest BCUT2D eigenvalue weighted by molar-refractivity contribution is 5.42. The molecule has 0 radical (unpaired) electrons. The van der Waals surface area contributed by atoms with Crippen molar-refractivity contribution in [1.29, 1.82) is 0 Å². The Balaban J connectivity index is 2.35. The fraction of sp³-hybridized carbons (Fsp3) is 0.333. The van der Waals surface area contributed by atoms with E-state index in [0.29, 0.717) is 6.61 Å². The fourth-order valence-electron chi connectivity index (χ4n) is 2.34. The molecule has 1 N–H and O–H groups in total. The molecule has 0 saturated carbocycles. The van der Waals surface area contributed by atoms with Crippen molar-refractivity contribution in [3.8, 4) is 5.75 Å². The van der Waals surface area contributed by atoms with E-state index in [0.717, 1.165) is 29.7 Å². The number of benzene rings is 2. The maximum atomic E-state index is 10.7. The second-order valence-electron chi connectivity index (χ2n) is 4.84. The van der Waals surface area contributed by atoms with Gasteiger partial charge in [-0.05, 0) is 30.0 Å². The molecule has 0 aliphatic rings. The van der Waals surface area contributed by atoms with Gasteiger partial charge in [-0.2, -0.15) is 0 Å². The molecule has 2 nitrogen and oxygen atoms in total. The molecule has 0 saturated heterocycles. The third-order valence-electron chi connectivity index (χ3n) is 3.41. The highest BCUT2D eigenvalue weighted by atomic mass is 16.5. The van der Waals surface area contributed by atoms with Gasteiger partial charge in [0.15, 0.2) is 0 Å². The van der Waals surface area contributed by atoms with Crippen molar-refractivity contribution >= 4 is 0 Å². The van der Waals surface area contributed by atoms with Crippen molar-refractivity contribution < 1.29 is 9.84 Å². The van der Waals surface area contributed by atoms with Crippen LogP contribution >= 0.6 is 0 Å². The largest absolute Gasteiger partial charge is 0.493 e. The average Bonchev–Trinajstić information content (AvgIpc) is 2.52. The van der Waals surface area contributed by atoms with Gasteiger partial charge in [0, 0.05) is 5.56 Å². The molecular formula is C18H22O2. The summed E-state index contributed by atoms with van der Waals surface area (Å²) in [6.07, 6.45) is 1.22. The first-order chi connectivity index (χ1) is 9.77. The van der Waals surface area contributed by atoms with Crippen LogP contribution in [0.25, 0.3) is 0 Å². The summed E-state index contributed by atoms with van der Waals surface area (Å²) in [5.41, 5.74) is 2.97. The van der Waals surface area contributed by atoms with Gasteiger partial charge in [0.1, 0.15) is 11.9 Å². The monoisotopic (exact) mass is 270 g/mol. The second kappa shape index (κ2) is 7.11. The Hall–Kier alpha value is -1.80. The molecule has 0 heterocycles. The molecule has 20 heavy (non-hydrogen) atoms. The zero-order chi connectivity index (χ0) is 14.4. The highest BCUT2D eigenvalue weighted by Gasteiger charge is 2.17. The Kier molecular flexibility index (Phi) is 5.19. The standard InChI is InChI=1S/C18H22O2/c1-3-13-20-17-12-8-7-11-16(17)18(19)15-10-6-5-9-14(15)4-2/h5-12,18-19H,3-4,13H2,1-2H3. The molecule has 0 bridgehead atoms. The van der Waals surface area contributed by atoms with E-state index < -0.39 is 6.10 Å². The van der Waals surface area contributed by atoms with Crippen LogP contribution < -0.4 is 4.74 Å². The zero-order valence-corrected chi connectivity index (χ0v) is 12.2. The first kappa shape index (κ1) is 14.6. The van der Waals surface area contributed by atoms with Crippen molar-refractivity contribution in [2.24, 2.45) is 0 Å². The summed E-state index contributed by atoms with van der Waals surface area (Å²) in [7, 11) is 0. The molecule has 0 aliphatic carbocycles. The van der Waals surface area contributed by atoms with Crippen molar-refractivity contribution in [3.63, 3.8) is 0 Å². The minimum atomic E-state index is -0.640. The van der Waals surface area contributed by atoms with Gasteiger partial charge in [-0.15, -0.1) is 0 Å².